The van der Waals surface area contributed by atoms with Gasteiger partial charge in [-0.25, -0.2) is 0 Å². The van der Waals surface area contributed by atoms with Gasteiger partial charge in [0.2, 0.25) is 0 Å². The van der Waals surface area contributed by atoms with Crippen LogP contribution in [-0.4, -0.2) is 0 Å². The fraction of sp³-hybridized carbons (Fsp3) is 0.400. The van der Waals surface area contributed by atoms with Crippen molar-refractivity contribution in [2.45, 2.75) is 49.8 Å². The maximum Gasteiger partial charge on any atom is 0.0463 e. The van der Waals surface area contributed by atoms with E-state index >= 15 is 0 Å². The van der Waals surface area contributed by atoms with Gasteiger partial charge in [-0.2, -0.15) is 0 Å². The van der Waals surface area contributed by atoms with Gasteiger partial charge in [-0.1, -0.05) is 78.3 Å². The summed E-state index contributed by atoms with van der Waals surface area (Å²) in [5.41, 5.74) is 5.90. The Morgan fingerprint density at radius 3 is 2.33 bits per heavy atom. The third kappa shape index (κ3) is 3.08. The lowest BCUT2D eigenvalue weighted by Gasteiger charge is -2.29. The summed E-state index contributed by atoms with van der Waals surface area (Å²) in [6, 6.07) is 18.1. The van der Waals surface area contributed by atoms with Gasteiger partial charge in [0.25, 0.3) is 0 Å². The maximum atomic E-state index is 3.98. The zero-order valence-electron chi connectivity index (χ0n) is 12.9. The molecule has 2 unspecified atom stereocenters. The van der Waals surface area contributed by atoms with Gasteiger partial charge in [-0.05, 0) is 47.4 Å². The van der Waals surface area contributed by atoms with Crippen molar-refractivity contribution in [1.82, 2.24) is 0 Å². The normalized spacial score (nSPS) is 19.3. The van der Waals surface area contributed by atoms with Crippen molar-refractivity contribution in [1.29, 1.82) is 0 Å². The standard InChI is InChI=1S/C20H23Br/c1-14(2)15-10-12-17(13-11-15)20(21)19-9-5-7-16-6-3-4-8-18(16)19/h3-4,6,8,10-14,19-20H,5,7,9H2,1-2H3. The van der Waals surface area contributed by atoms with E-state index in [1.165, 1.54) is 36.0 Å². The van der Waals surface area contributed by atoms with Crippen LogP contribution in [0.1, 0.15) is 65.6 Å². The summed E-state index contributed by atoms with van der Waals surface area (Å²) in [7, 11) is 0. The zero-order chi connectivity index (χ0) is 14.8. The number of benzene rings is 2. The Bertz CT molecular complexity index is 597. The third-order valence-corrected chi connectivity index (χ3v) is 5.86. The Hall–Kier alpha value is -1.08. The van der Waals surface area contributed by atoms with E-state index in [4.69, 9.17) is 0 Å². The van der Waals surface area contributed by atoms with Crippen LogP contribution < -0.4 is 0 Å². The second-order valence-corrected chi connectivity index (χ2v) is 7.41. The number of hydrogen-bond donors (Lipinski definition) is 0. The van der Waals surface area contributed by atoms with E-state index in [0.717, 1.165) is 0 Å². The van der Waals surface area contributed by atoms with Crippen LogP contribution in [-0.2, 0) is 6.42 Å². The first-order valence-corrected chi connectivity index (χ1v) is 8.90. The van der Waals surface area contributed by atoms with Crippen LogP contribution >= 0.6 is 15.9 Å². The average molecular weight is 343 g/mol. The number of hydrogen-bond acceptors (Lipinski definition) is 0. The van der Waals surface area contributed by atoms with Crippen molar-refractivity contribution in [3.05, 3.63) is 70.8 Å². The Morgan fingerprint density at radius 2 is 1.62 bits per heavy atom. The largest absolute Gasteiger partial charge is 0.0832 e. The monoisotopic (exact) mass is 342 g/mol. The minimum Gasteiger partial charge on any atom is -0.0832 e. The quantitative estimate of drug-likeness (QED) is 0.568. The number of halogens is 1. The fourth-order valence-corrected chi connectivity index (χ4v) is 4.25. The molecule has 3 rings (SSSR count). The third-order valence-electron chi connectivity index (χ3n) is 4.69. The van der Waals surface area contributed by atoms with Crippen molar-refractivity contribution in [2.24, 2.45) is 0 Å². The van der Waals surface area contributed by atoms with Crippen LogP contribution in [0.5, 0.6) is 0 Å². The lowest BCUT2D eigenvalue weighted by Crippen LogP contribution is -2.14. The smallest absolute Gasteiger partial charge is 0.0463 e. The summed E-state index contributed by atoms with van der Waals surface area (Å²) in [5.74, 6) is 1.20. The average Bonchev–Trinajstić information content (AvgIpc) is 2.53. The van der Waals surface area contributed by atoms with Crippen molar-refractivity contribution in [3.63, 3.8) is 0 Å². The molecule has 0 aliphatic heterocycles. The predicted molar refractivity (Wildman–Crippen MR) is 94.3 cm³/mol. The summed E-state index contributed by atoms with van der Waals surface area (Å²) < 4.78 is 0. The van der Waals surface area contributed by atoms with Crippen LogP contribution in [0.15, 0.2) is 48.5 Å². The molecule has 0 heterocycles. The van der Waals surface area contributed by atoms with Gasteiger partial charge >= 0.3 is 0 Å². The molecule has 21 heavy (non-hydrogen) atoms. The number of alkyl halides is 1. The number of fused-ring (bicyclic) bond motifs is 1. The topological polar surface area (TPSA) is 0 Å². The summed E-state index contributed by atoms with van der Waals surface area (Å²) in [5, 5.41) is 0. The first-order valence-electron chi connectivity index (χ1n) is 7.98. The first kappa shape index (κ1) is 14.8. The van der Waals surface area contributed by atoms with Crippen LogP contribution in [0.3, 0.4) is 0 Å². The van der Waals surface area contributed by atoms with Crippen LogP contribution in [0, 0.1) is 0 Å². The van der Waals surface area contributed by atoms with Crippen molar-refractivity contribution < 1.29 is 0 Å². The van der Waals surface area contributed by atoms with E-state index in [2.05, 4.69) is 78.3 Å². The highest BCUT2D eigenvalue weighted by Crippen LogP contribution is 2.45. The van der Waals surface area contributed by atoms with Gasteiger partial charge in [0.15, 0.2) is 0 Å². The van der Waals surface area contributed by atoms with Gasteiger partial charge in [-0.15, -0.1) is 0 Å². The maximum absolute atomic E-state index is 3.98. The number of aryl methyl sites for hydroxylation is 1. The molecule has 0 saturated carbocycles. The SMILES string of the molecule is CC(C)c1ccc(C(Br)C2CCCc3ccccc32)cc1. The summed E-state index contributed by atoms with van der Waals surface area (Å²) in [6.07, 6.45) is 3.81. The number of rotatable bonds is 3. The molecule has 1 heteroatoms. The van der Waals surface area contributed by atoms with E-state index in [-0.39, 0.29) is 0 Å². The Morgan fingerprint density at radius 1 is 0.952 bits per heavy atom. The molecule has 0 spiro atoms. The molecule has 2 atom stereocenters. The molecule has 0 N–H and O–H groups in total. The predicted octanol–water partition coefficient (Wildman–Crippen LogP) is 6.37. The van der Waals surface area contributed by atoms with Gasteiger partial charge in [-0.3, -0.25) is 0 Å². The van der Waals surface area contributed by atoms with Crippen LogP contribution in [0.2, 0.25) is 0 Å². The minimum atomic E-state index is 0.417. The highest BCUT2D eigenvalue weighted by Gasteiger charge is 2.27. The Labute approximate surface area is 136 Å². The van der Waals surface area contributed by atoms with Gasteiger partial charge in [0, 0.05) is 10.7 Å². The molecule has 0 bridgehead atoms. The van der Waals surface area contributed by atoms with Crippen molar-refractivity contribution in [2.75, 3.05) is 0 Å². The molecule has 0 fully saturated rings. The van der Waals surface area contributed by atoms with E-state index in [9.17, 15) is 0 Å². The molecule has 1 aliphatic rings. The summed E-state index contributed by atoms with van der Waals surface area (Å²) in [6.45, 7) is 4.50. The van der Waals surface area contributed by atoms with Crippen molar-refractivity contribution in [3.8, 4) is 0 Å². The molecule has 0 radical (unpaired) electrons. The Balaban J connectivity index is 1.87. The minimum absolute atomic E-state index is 0.417. The molecule has 0 amide bonds. The first-order chi connectivity index (χ1) is 10.2. The molecule has 0 saturated heterocycles. The summed E-state index contributed by atoms with van der Waals surface area (Å²) >= 11 is 3.98. The Kier molecular flexibility index (Phi) is 4.49. The zero-order valence-corrected chi connectivity index (χ0v) is 14.4. The second-order valence-electron chi connectivity index (χ2n) is 6.42. The molecule has 0 nitrogen and oxygen atoms in total. The highest BCUT2D eigenvalue weighted by molar-refractivity contribution is 9.09. The molecular formula is C20H23Br. The lowest BCUT2D eigenvalue weighted by atomic mass is 9.79. The molecule has 0 aromatic heterocycles. The summed E-state index contributed by atoms with van der Waals surface area (Å²) in [4.78, 5) is 0.417. The second kappa shape index (κ2) is 6.36. The van der Waals surface area contributed by atoms with E-state index in [1.807, 2.05) is 0 Å². The molecule has 2 aromatic carbocycles. The highest BCUT2D eigenvalue weighted by atomic mass is 79.9. The van der Waals surface area contributed by atoms with Crippen molar-refractivity contribution >= 4 is 15.9 Å². The van der Waals surface area contributed by atoms with E-state index < -0.39 is 0 Å². The van der Waals surface area contributed by atoms with Gasteiger partial charge < -0.3 is 0 Å². The molecule has 1 aliphatic carbocycles. The van der Waals surface area contributed by atoms with E-state index in [0.29, 0.717) is 16.7 Å². The molecule has 110 valence electrons. The van der Waals surface area contributed by atoms with Crippen LogP contribution in [0.4, 0.5) is 0 Å². The fourth-order valence-electron chi connectivity index (χ4n) is 3.39. The van der Waals surface area contributed by atoms with E-state index in [1.54, 1.807) is 5.56 Å². The molecule has 2 aromatic rings. The lowest BCUT2D eigenvalue weighted by molar-refractivity contribution is 0.547. The molecular weight excluding hydrogens is 320 g/mol. The van der Waals surface area contributed by atoms with Crippen LogP contribution in [0.25, 0.3) is 0 Å². The van der Waals surface area contributed by atoms with Gasteiger partial charge in [0.1, 0.15) is 0 Å². The van der Waals surface area contributed by atoms with Gasteiger partial charge in [0.05, 0.1) is 0 Å².